The highest BCUT2D eigenvalue weighted by Gasteiger charge is 2.32. The maximum Gasteiger partial charge on any atom is 0.197 e. The highest BCUT2D eigenvalue weighted by molar-refractivity contribution is 5.72. The molecule has 31 heavy (non-hydrogen) atoms. The molecule has 1 saturated heterocycles. The zero-order valence-electron chi connectivity index (χ0n) is 18.2. The molecule has 0 saturated carbocycles. The molecule has 1 aliphatic rings. The monoisotopic (exact) mass is 418 g/mol. The van der Waals surface area contributed by atoms with E-state index in [0.29, 0.717) is 24.5 Å². The molecule has 2 heterocycles. The van der Waals surface area contributed by atoms with Gasteiger partial charge in [-0.1, -0.05) is 36.4 Å². The SMILES string of the molecule is [C-]#[N+]c1cccc(CN2CCCC2C(O)CNC(C)(C)Cc2nc3ccccc3o2)c1. The molecule has 6 heteroatoms. The van der Waals surface area contributed by atoms with Crippen molar-refractivity contribution in [2.24, 2.45) is 0 Å². The third-order valence-electron chi connectivity index (χ3n) is 6.00. The molecule has 0 bridgehead atoms. The van der Waals surface area contributed by atoms with Crippen molar-refractivity contribution in [1.29, 1.82) is 0 Å². The minimum Gasteiger partial charge on any atom is -0.441 e. The Morgan fingerprint density at radius 3 is 2.94 bits per heavy atom. The number of hydrogen-bond donors (Lipinski definition) is 2. The molecule has 0 amide bonds. The molecule has 2 N–H and O–H groups in total. The van der Waals surface area contributed by atoms with E-state index < -0.39 is 6.10 Å². The van der Waals surface area contributed by atoms with E-state index in [0.717, 1.165) is 42.6 Å². The first-order valence-corrected chi connectivity index (χ1v) is 10.9. The summed E-state index contributed by atoms with van der Waals surface area (Å²) in [5, 5.41) is 14.5. The van der Waals surface area contributed by atoms with Crippen molar-refractivity contribution in [3.05, 3.63) is 71.4 Å². The van der Waals surface area contributed by atoms with Crippen molar-refractivity contribution in [3.8, 4) is 0 Å². The van der Waals surface area contributed by atoms with Crippen LogP contribution in [0.2, 0.25) is 0 Å². The lowest BCUT2D eigenvalue weighted by atomic mass is 9.99. The summed E-state index contributed by atoms with van der Waals surface area (Å²) in [7, 11) is 0. The zero-order valence-corrected chi connectivity index (χ0v) is 18.2. The molecule has 2 atom stereocenters. The summed E-state index contributed by atoms with van der Waals surface area (Å²) in [6.07, 6.45) is 2.24. The molecular formula is C25H30N4O2. The van der Waals surface area contributed by atoms with Crippen LogP contribution in [-0.4, -0.2) is 45.8 Å². The number of hydrogen-bond acceptors (Lipinski definition) is 5. The summed E-state index contributed by atoms with van der Waals surface area (Å²) >= 11 is 0. The van der Waals surface area contributed by atoms with Gasteiger partial charge in [-0.3, -0.25) is 4.90 Å². The second-order valence-corrected chi connectivity index (χ2v) is 9.05. The van der Waals surface area contributed by atoms with Gasteiger partial charge in [0.25, 0.3) is 0 Å². The molecule has 1 aliphatic heterocycles. The topological polar surface area (TPSA) is 65.9 Å². The maximum absolute atomic E-state index is 11.0. The second-order valence-electron chi connectivity index (χ2n) is 9.05. The predicted molar refractivity (Wildman–Crippen MR) is 122 cm³/mol. The lowest BCUT2D eigenvalue weighted by Crippen LogP contribution is -2.50. The Balaban J connectivity index is 1.34. The van der Waals surface area contributed by atoms with Gasteiger partial charge < -0.3 is 14.8 Å². The molecule has 0 radical (unpaired) electrons. The van der Waals surface area contributed by atoms with Gasteiger partial charge in [-0.25, -0.2) is 9.83 Å². The normalized spacial score (nSPS) is 18.3. The van der Waals surface area contributed by atoms with E-state index >= 15 is 0 Å². The average Bonchev–Trinajstić information content (AvgIpc) is 3.38. The zero-order chi connectivity index (χ0) is 21.8. The van der Waals surface area contributed by atoms with Gasteiger partial charge in [0, 0.05) is 31.1 Å². The van der Waals surface area contributed by atoms with Crippen LogP contribution in [0.1, 0.15) is 38.1 Å². The van der Waals surface area contributed by atoms with Crippen LogP contribution >= 0.6 is 0 Å². The number of aromatic nitrogens is 1. The molecule has 6 nitrogen and oxygen atoms in total. The fraction of sp³-hybridized carbons (Fsp3) is 0.440. The molecule has 1 aromatic heterocycles. The van der Waals surface area contributed by atoms with Crippen molar-refractivity contribution in [1.82, 2.24) is 15.2 Å². The van der Waals surface area contributed by atoms with Gasteiger partial charge in [0.2, 0.25) is 0 Å². The number of nitrogens with zero attached hydrogens (tertiary/aromatic N) is 3. The van der Waals surface area contributed by atoms with Crippen LogP contribution in [-0.2, 0) is 13.0 Å². The second kappa shape index (κ2) is 9.19. The van der Waals surface area contributed by atoms with Crippen LogP contribution in [0.25, 0.3) is 15.9 Å². The Labute approximate surface area is 183 Å². The molecular weight excluding hydrogens is 388 g/mol. The molecule has 0 spiro atoms. The Morgan fingerprint density at radius 2 is 2.13 bits per heavy atom. The number of aliphatic hydroxyl groups is 1. The first-order chi connectivity index (χ1) is 14.9. The Kier molecular flexibility index (Phi) is 6.38. The first-order valence-electron chi connectivity index (χ1n) is 10.9. The number of likely N-dealkylation sites (tertiary alicyclic amines) is 1. The standard InChI is InChI=1S/C25H30N4O2/c1-25(2,15-24-28-20-10-4-5-12-23(20)31-24)27-16-22(30)21-11-7-13-29(21)17-18-8-6-9-19(14-18)26-3/h4-6,8-10,12,14,21-22,27,30H,7,11,13,15-17H2,1-2H3. The predicted octanol–water partition coefficient (Wildman–Crippen LogP) is 4.31. The van der Waals surface area contributed by atoms with Crippen LogP contribution in [0.4, 0.5) is 5.69 Å². The van der Waals surface area contributed by atoms with Crippen molar-refractivity contribution in [2.75, 3.05) is 13.1 Å². The fourth-order valence-corrected chi connectivity index (χ4v) is 4.40. The molecule has 2 unspecified atom stereocenters. The van der Waals surface area contributed by atoms with E-state index in [1.54, 1.807) is 0 Å². The van der Waals surface area contributed by atoms with Gasteiger partial charge >= 0.3 is 0 Å². The maximum atomic E-state index is 11.0. The summed E-state index contributed by atoms with van der Waals surface area (Å²) in [6.45, 7) is 13.7. The number of fused-ring (bicyclic) bond motifs is 1. The Bertz CT molecular complexity index is 1040. The smallest absolute Gasteiger partial charge is 0.197 e. The van der Waals surface area contributed by atoms with E-state index in [1.165, 1.54) is 0 Å². The molecule has 1 fully saturated rings. The molecule has 2 aromatic carbocycles. The summed E-state index contributed by atoms with van der Waals surface area (Å²) in [6, 6.07) is 15.7. The highest BCUT2D eigenvalue weighted by atomic mass is 16.3. The van der Waals surface area contributed by atoms with Crippen LogP contribution in [0.5, 0.6) is 0 Å². The van der Waals surface area contributed by atoms with Crippen molar-refractivity contribution >= 4 is 16.8 Å². The first kappa shape index (κ1) is 21.5. The van der Waals surface area contributed by atoms with Gasteiger partial charge in [-0.2, -0.15) is 0 Å². The number of nitrogens with one attached hydrogen (secondary N) is 1. The lowest BCUT2D eigenvalue weighted by molar-refractivity contribution is 0.0630. The van der Waals surface area contributed by atoms with E-state index in [1.807, 2.05) is 42.5 Å². The Morgan fingerprint density at radius 1 is 1.29 bits per heavy atom. The number of benzene rings is 2. The van der Waals surface area contributed by atoms with E-state index in [4.69, 9.17) is 11.0 Å². The number of β-amino-alcohol motifs (C(OH)–C–C–N with tert-alkyl or cyclic N) is 1. The minimum absolute atomic E-state index is 0.115. The van der Waals surface area contributed by atoms with Crippen LogP contribution in [0, 0.1) is 6.57 Å². The van der Waals surface area contributed by atoms with Gasteiger partial charge in [0.1, 0.15) is 5.52 Å². The van der Waals surface area contributed by atoms with Gasteiger partial charge in [0.05, 0.1) is 12.7 Å². The van der Waals surface area contributed by atoms with Gasteiger partial charge in [-0.05, 0) is 50.9 Å². The van der Waals surface area contributed by atoms with Crippen LogP contribution in [0.15, 0.2) is 52.9 Å². The molecule has 162 valence electrons. The molecule has 0 aliphatic carbocycles. The van der Waals surface area contributed by atoms with Crippen molar-refractivity contribution in [2.45, 2.75) is 57.3 Å². The van der Waals surface area contributed by atoms with E-state index in [2.05, 4.69) is 40.0 Å². The quantitative estimate of drug-likeness (QED) is 0.534. The number of aliphatic hydroxyl groups excluding tert-OH is 1. The van der Waals surface area contributed by atoms with Crippen molar-refractivity contribution < 1.29 is 9.52 Å². The molecule has 3 aromatic rings. The van der Waals surface area contributed by atoms with E-state index in [9.17, 15) is 5.11 Å². The fourth-order valence-electron chi connectivity index (χ4n) is 4.40. The van der Waals surface area contributed by atoms with Gasteiger partial charge in [0.15, 0.2) is 17.2 Å². The largest absolute Gasteiger partial charge is 0.441 e. The van der Waals surface area contributed by atoms with Gasteiger partial charge in [-0.15, -0.1) is 0 Å². The molecule has 4 rings (SSSR count). The van der Waals surface area contributed by atoms with E-state index in [-0.39, 0.29) is 11.6 Å². The highest BCUT2D eigenvalue weighted by Crippen LogP contribution is 2.25. The number of oxazole rings is 1. The summed E-state index contributed by atoms with van der Waals surface area (Å²) in [4.78, 5) is 10.4. The third kappa shape index (κ3) is 5.31. The summed E-state index contributed by atoms with van der Waals surface area (Å²) < 4.78 is 5.87. The number of rotatable bonds is 8. The lowest BCUT2D eigenvalue weighted by Gasteiger charge is -2.32. The number of para-hydroxylation sites is 2. The van der Waals surface area contributed by atoms with Crippen molar-refractivity contribution in [3.63, 3.8) is 0 Å². The summed E-state index contributed by atoms with van der Waals surface area (Å²) in [5.74, 6) is 0.704. The Hall–Kier alpha value is -2.72. The summed E-state index contributed by atoms with van der Waals surface area (Å²) in [5.41, 5.74) is 3.21. The average molecular weight is 419 g/mol. The minimum atomic E-state index is -0.463. The third-order valence-corrected chi connectivity index (χ3v) is 6.00. The van der Waals surface area contributed by atoms with Crippen LogP contribution < -0.4 is 5.32 Å². The van der Waals surface area contributed by atoms with Crippen LogP contribution in [0.3, 0.4) is 0 Å².